The number of hydrogen-bond donors (Lipinski definition) is 3. The van der Waals surface area contributed by atoms with Gasteiger partial charge in [0, 0.05) is 66.7 Å². The zero-order valence-corrected chi connectivity index (χ0v) is 27.7. The fraction of sp³-hybridized carbons (Fsp3) is 0.419. The zero-order chi connectivity index (χ0) is 32.0. The number of nitriles is 1. The molecule has 3 aromatic rings. The van der Waals surface area contributed by atoms with E-state index in [9.17, 15) is 5.26 Å². The highest BCUT2D eigenvalue weighted by atomic mass is 35.5. The van der Waals surface area contributed by atoms with E-state index in [-0.39, 0.29) is 11.3 Å². The molecule has 0 spiro atoms. The van der Waals surface area contributed by atoms with E-state index in [0.29, 0.717) is 68.4 Å². The number of methoxy groups -OCH3 is 1. The lowest BCUT2D eigenvalue weighted by molar-refractivity contribution is 0.210. The van der Waals surface area contributed by atoms with Gasteiger partial charge in [-0.05, 0) is 57.5 Å². The summed E-state index contributed by atoms with van der Waals surface area (Å²) in [5.41, 5.74) is 14.8. The maximum absolute atomic E-state index is 9.93. The van der Waals surface area contributed by atoms with E-state index in [2.05, 4.69) is 20.9 Å². The van der Waals surface area contributed by atoms with Gasteiger partial charge < -0.3 is 30.7 Å². The Hall–Kier alpha value is -3.27. The monoisotopic (exact) mass is 656 g/mol. The number of likely N-dealkylation sites (tertiary alicyclic amines) is 1. The smallest absolute Gasteiger partial charge is 0.162 e. The molecule has 0 unspecified atom stereocenters. The highest BCUT2D eigenvalue weighted by Gasteiger charge is 2.42. The molecule has 10 nitrogen and oxygen atoms in total. The maximum Gasteiger partial charge on any atom is 0.162 e. The minimum atomic E-state index is -0.555. The Balaban J connectivity index is 0.00000141. The lowest BCUT2D eigenvalue weighted by Gasteiger charge is -2.50. The summed E-state index contributed by atoms with van der Waals surface area (Å²) in [5.74, 6) is 1.30. The minimum absolute atomic E-state index is 0.0870. The number of pyridine rings is 2. The number of benzene rings is 1. The summed E-state index contributed by atoms with van der Waals surface area (Å²) < 4.78 is 11.7. The molecule has 2 fully saturated rings. The number of nitrogen functional groups attached to an aromatic ring is 1. The van der Waals surface area contributed by atoms with Gasteiger partial charge in [0.25, 0.3) is 0 Å². The Bertz CT molecular complexity index is 1520. The molecule has 0 aliphatic carbocycles. The molecule has 4 heterocycles. The van der Waals surface area contributed by atoms with E-state index in [1.54, 1.807) is 43.1 Å². The number of nitrogens with zero attached hydrogens (tertiary/aromatic N) is 5. The van der Waals surface area contributed by atoms with Crippen molar-refractivity contribution in [3.63, 3.8) is 0 Å². The molecule has 2 aliphatic rings. The van der Waals surface area contributed by atoms with Crippen LogP contribution in [0.15, 0.2) is 36.8 Å². The van der Waals surface area contributed by atoms with Crippen LogP contribution in [-0.4, -0.2) is 78.5 Å². The van der Waals surface area contributed by atoms with Crippen molar-refractivity contribution in [2.75, 3.05) is 63.0 Å². The number of thioether (sulfide) groups is 1. The third-order valence-corrected chi connectivity index (χ3v) is 8.13. The van der Waals surface area contributed by atoms with Crippen LogP contribution in [0.4, 0.5) is 11.5 Å². The molecule has 1 atom stereocenters. The summed E-state index contributed by atoms with van der Waals surface area (Å²) in [6, 6.07) is 7.12. The van der Waals surface area contributed by atoms with Crippen molar-refractivity contribution in [3.05, 3.63) is 69.1 Å². The van der Waals surface area contributed by atoms with E-state index < -0.39 is 6.10 Å². The van der Waals surface area contributed by atoms with Crippen molar-refractivity contribution in [1.29, 1.82) is 10.7 Å². The van der Waals surface area contributed by atoms with E-state index in [4.69, 9.17) is 49.6 Å². The lowest BCUT2D eigenvalue weighted by atomic mass is 9.89. The highest BCUT2D eigenvalue weighted by molar-refractivity contribution is 7.97. The summed E-state index contributed by atoms with van der Waals surface area (Å²) in [5, 5.41) is 19.6. The Morgan fingerprint density at radius 1 is 1.14 bits per heavy atom. The van der Waals surface area contributed by atoms with Crippen LogP contribution in [0.2, 0.25) is 10.0 Å². The van der Waals surface area contributed by atoms with Crippen LogP contribution in [0.5, 0.6) is 11.5 Å². The molecular formula is C31H38Cl2N8O2S. The predicted octanol–water partition coefficient (Wildman–Crippen LogP) is 5.39. The molecule has 0 saturated carbocycles. The lowest BCUT2D eigenvalue weighted by Crippen LogP contribution is -2.71. The van der Waals surface area contributed by atoms with Gasteiger partial charge in [-0.3, -0.25) is 10.4 Å². The van der Waals surface area contributed by atoms with Crippen LogP contribution in [0, 0.1) is 16.7 Å². The molecule has 2 aromatic heterocycles. The largest absolute Gasteiger partial charge is 0.493 e. The molecule has 0 amide bonds. The molecule has 2 aliphatic heterocycles. The van der Waals surface area contributed by atoms with Crippen molar-refractivity contribution in [3.8, 4) is 17.6 Å². The van der Waals surface area contributed by atoms with Crippen LogP contribution in [0.1, 0.15) is 48.1 Å². The Kier molecular flexibility index (Phi) is 11.2. The second-order valence-electron chi connectivity index (χ2n) is 11.1. The molecule has 5 rings (SSSR count). The maximum atomic E-state index is 9.93. The number of anilines is 2. The normalized spacial score (nSPS) is 16.3. The average Bonchev–Trinajstić information content (AvgIpc) is 3.49. The first kappa shape index (κ1) is 33.6. The van der Waals surface area contributed by atoms with Crippen molar-refractivity contribution in [1.82, 2.24) is 14.9 Å². The minimum Gasteiger partial charge on any atom is -0.493 e. The SMILES string of the molecule is COc1cc(N)c(C(=N)c2cnc(N3CC(N)(CN4CCCC4)C3)c(C#N)c2)cc1O[C@H](C)c1c(Cl)cncc1Cl.CSC. The number of nitrogens with two attached hydrogens (primary N) is 2. The summed E-state index contributed by atoms with van der Waals surface area (Å²) in [4.78, 5) is 13.0. The van der Waals surface area contributed by atoms with E-state index in [1.807, 2.05) is 17.4 Å². The van der Waals surface area contributed by atoms with Gasteiger partial charge in [0.2, 0.25) is 0 Å². The number of ether oxygens (including phenoxy) is 2. The number of hydrogen-bond acceptors (Lipinski definition) is 11. The first-order valence-electron chi connectivity index (χ1n) is 14.1. The van der Waals surface area contributed by atoms with Crippen LogP contribution in [0.3, 0.4) is 0 Å². The van der Waals surface area contributed by atoms with Crippen LogP contribution >= 0.6 is 35.0 Å². The predicted molar refractivity (Wildman–Crippen MR) is 180 cm³/mol. The first-order chi connectivity index (χ1) is 21.0. The quantitative estimate of drug-likeness (QED) is 0.202. The number of halogens is 2. The van der Waals surface area contributed by atoms with E-state index >= 15 is 0 Å². The van der Waals surface area contributed by atoms with Gasteiger partial charge >= 0.3 is 0 Å². The van der Waals surface area contributed by atoms with Crippen LogP contribution in [-0.2, 0) is 0 Å². The summed E-state index contributed by atoms with van der Waals surface area (Å²) in [6.45, 7) is 6.06. The topological polar surface area (TPSA) is 150 Å². The summed E-state index contributed by atoms with van der Waals surface area (Å²) in [7, 11) is 1.50. The number of nitrogens with one attached hydrogen (secondary N) is 1. The van der Waals surface area contributed by atoms with Gasteiger partial charge in [0.1, 0.15) is 18.0 Å². The fourth-order valence-corrected chi connectivity index (χ4v) is 6.21. The van der Waals surface area contributed by atoms with Crippen molar-refractivity contribution < 1.29 is 9.47 Å². The van der Waals surface area contributed by atoms with Gasteiger partial charge in [0.05, 0.1) is 34.0 Å². The molecule has 2 saturated heterocycles. The Labute approximate surface area is 273 Å². The second-order valence-corrected chi connectivity index (χ2v) is 12.7. The standard InChI is InChI=1S/C29H32Cl2N8O2.C2H6S/c1-17(26-21(30)12-36-13-22(26)31)41-25-8-20(23(33)9-24(25)40-2)27(34)19-7-18(10-32)28(37-11-19)39-15-29(35,16-39)14-38-5-3-4-6-38;1-3-2/h7-9,11-13,17,34H,3-6,14-16,33,35H2,1-2H3;1-2H3/t17-;/m1./s1. The molecule has 5 N–H and O–H groups in total. The Morgan fingerprint density at radius 3 is 2.36 bits per heavy atom. The average molecular weight is 658 g/mol. The molecular weight excluding hydrogens is 619 g/mol. The van der Waals surface area contributed by atoms with Gasteiger partial charge in [-0.25, -0.2) is 4.98 Å². The van der Waals surface area contributed by atoms with Crippen molar-refractivity contribution in [2.45, 2.75) is 31.4 Å². The summed E-state index contributed by atoms with van der Waals surface area (Å²) >= 11 is 14.4. The van der Waals surface area contributed by atoms with E-state index in [1.165, 1.54) is 32.3 Å². The fourth-order valence-electron chi connectivity index (χ4n) is 5.54. The van der Waals surface area contributed by atoms with E-state index in [0.717, 1.165) is 19.6 Å². The van der Waals surface area contributed by atoms with Crippen LogP contribution < -0.4 is 25.8 Å². The third kappa shape index (κ3) is 7.50. The van der Waals surface area contributed by atoms with Crippen molar-refractivity contribution in [2.24, 2.45) is 5.73 Å². The Morgan fingerprint density at radius 2 is 1.77 bits per heavy atom. The molecule has 0 bridgehead atoms. The molecule has 0 radical (unpaired) electrons. The third-order valence-electron chi connectivity index (χ3n) is 7.53. The second kappa shape index (κ2) is 14.7. The van der Waals surface area contributed by atoms with Crippen molar-refractivity contribution >= 4 is 52.2 Å². The van der Waals surface area contributed by atoms with Gasteiger partial charge in [-0.1, -0.05) is 23.2 Å². The van der Waals surface area contributed by atoms with Gasteiger partial charge in [0.15, 0.2) is 11.5 Å². The molecule has 44 heavy (non-hydrogen) atoms. The number of rotatable bonds is 9. The molecule has 13 heteroatoms. The zero-order valence-electron chi connectivity index (χ0n) is 25.4. The number of aromatic nitrogens is 2. The molecule has 234 valence electrons. The first-order valence-corrected chi connectivity index (χ1v) is 16.5. The highest BCUT2D eigenvalue weighted by Crippen LogP contribution is 2.39. The summed E-state index contributed by atoms with van der Waals surface area (Å²) in [6.07, 6.45) is 10.5. The van der Waals surface area contributed by atoms with Gasteiger partial charge in [-0.15, -0.1) is 0 Å². The van der Waals surface area contributed by atoms with Gasteiger partial charge in [-0.2, -0.15) is 17.0 Å². The van der Waals surface area contributed by atoms with Crippen LogP contribution in [0.25, 0.3) is 0 Å². The molecule has 1 aromatic carbocycles.